The predicted molar refractivity (Wildman–Crippen MR) is 281 cm³/mol. The SMILES string of the molecule is O=C(OC(c1ccc(F)cc1)(c1ccc(F)cc1)C1CCN(CCC2CN(Cc3ccccc3)C(=O)O2)CC1)C(=O)OC(c1ccc(F)cc1)(c1ccc(F)cc1)C1CCN(CCC2CN(Cc3ccccc3)C(=O)O2)CC1. The van der Waals surface area contributed by atoms with Gasteiger partial charge < -0.3 is 38.5 Å². The second-order valence-corrected chi connectivity index (χ2v) is 20.8. The van der Waals surface area contributed by atoms with Gasteiger partial charge in [0.1, 0.15) is 35.5 Å². The lowest BCUT2D eigenvalue weighted by Gasteiger charge is -2.46. The Morgan fingerprint density at radius 2 is 0.744 bits per heavy atom. The van der Waals surface area contributed by atoms with Gasteiger partial charge in [0.15, 0.2) is 11.2 Å². The minimum absolute atomic E-state index is 0.310. The Labute approximate surface area is 451 Å². The molecule has 0 N–H and O–H groups in total. The molecule has 4 heterocycles. The molecule has 12 nitrogen and oxygen atoms in total. The standard InChI is InChI=1S/C62H62F4N4O8/c63-51-19-11-45(12-20-51)61(46-13-21-52(64)22-14-46,49-27-33-67(34-28-49)37-31-55-41-69(59(73)75-55)39-43-7-3-1-4-8-43)77-57(71)58(72)78-62(47-15-23-53(65)24-16-47,48-17-25-54(66)26-18-48)50-29-35-68(36-30-50)38-32-56-42-70(60(74)76-56)40-44-9-5-2-6-10-44/h1-26,49-50,55-56H,27-42H2. The number of rotatable bonds is 18. The largest absolute Gasteiger partial charge is 0.444 e. The van der Waals surface area contributed by atoms with Crippen LogP contribution in [0.2, 0.25) is 0 Å². The molecule has 0 bridgehead atoms. The van der Waals surface area contributed by atoms with E-state index in [1.54, 1.807) is 9.80 Å². The molecule has 2 amide bonds. The van der Waals surface area contributed by atoms with Gasteiger partial charge in [-0.25, -0.2) is 36.7 Å². The van der Waals surface area contributed by atoms with Crippen molar-refractivity contribution in [3.05, 3.63) is 214 Å². The minimum Gasteiger partial charge on any atom is -0.444 e. The number of piperidine rings is 2. The Morgan fingerprint density at radius 1 is 0.449 bits per heavy atom. The van der Waals surface area contributed by atoms with Crippen LogP contribution in [-0.4, -0.2) is 108 Å². The highest BCUT2D eigenvalue weighted by molar-refractivity contribution is 6.30. The molecule has 4 fully saturated rings. The summed E-state index contributed by atoms with van der Waals surface area (Å²) in [6, 6.07) is 41.2. The Balaban J connectivity index is 0.887. The van der Waals surface area contributed by atoms with E-state index in [9.17, 15) is 27.2 Å². The first-order valence-electron chi connectivity index (χ1n) is 26.8. The van der Waals surface area contributed by atoms with Crippen LogP contribution < -0.4 is 0 Å². The molecule has 0 aliphatic carbocycles. The van der Waals surface area contributed by atoms with Gasteiger partial charge in [-0.2, -0.15) is 0 Å². The van der Waals surface area contributed by atoms with Gasteiger partial charge in [-0.15, -0.1) is 0 Å². The molecule has 2 unspecified atom stereocenters. The fourth-order valence-electron chi connectivity index (χ4n) is 11.9. The maximum absolute atomic E-state index is 15.0. The fourth-order valence-corrected chi connectivity index (χ4v) is 11.9. The average molecular weight is 1070 g/mol. The molecule has 4 aliphatic heterocycles. The third kappa shape index (κ3) is 12.1. The molecular weight excluding hydrogens is 1000 g/mol. The van der Waals surface area contributed by atoms with Crippen LogP contribution in [-0.2, 0) is 52.8 Å². The number of nitrogens with zero attached hydrogens (tertiary/aromatic N) is 4. The number of carbonyl (C=O) groups is 4. The minimum atomic E-state index is -1.77. The molecule has 0 aromatic heterocycles. The zero-order chi connectivity index (χ0) is 54.2. The summed E-state index contributed by atoms with van der Waals surface area (Å²) in [7, 11) is 0. The fraction of sp³-hybridized carbons (Fsp3) is 0.355. The zero-order valence-electron chi connectivity index (χ0n) is 43.2. The number of carbonyl (C=O) groups excluding carboxylic acids is 4. The number of halogens is 4. The molecule has 6 aromatic rings. The third-order valence-electron chi connectivity index (χ3n) is 16.0. The van der Waals surface area contributed by atoms with Gasteiger partial charge in [0, 0.05) is 60.3 Å². The van der Waals surface area contributed by atoms with E-state index in [-0.39, 0.29) is 24.4 Å². The smallest absolute Gasteiger partial charge is 0.418 e. The average Bonchev–Trinajstić information content (AvgIpc) is 4.15. The molecular formula is C62H62F4N4O8. The van der Waals surface area contributed by atoms with E-state index in [0.717, 1.165) is 11.1 Å². The monoisotopic (exact) mass is 1070 g/mol. The first-order valence-corrected chi connectivity index (χ1v) is 26.8. The van der Waals surface area contributed by atoms with Crippen molar-refractivity contribution in [2.24, 2.45) is 11.8 Å². The number of ether oxygens (including phenoxy) is 4. The summed E-state index contributed by atoms with van der Waals surface area (Å²) in [6.45, 7) is 5.06. The van der Waals surface area contributed by atoms with E-state index >= 15 is 9.59 Å². The van der Waals surface area contributed by atoms with Crippen LogP contribution in [0.25, 0.3) is 0 Å². The maximum atomic E-state index is 15.0. The van der Waals surface area contributed by atoms with Gasteiger partial charge in [0.05, 0.1) is 13.1 Å². The van der Waals surface area contributed by atoms with Crippen LogP contribution in [0.3, 0.4) is 0 Å². The van der Waals surface area contributed by atoms with Crippen LogP contribution in [0, 0.1) is 35.1 Å². The summed E-state index contributed by atoms with van der Waals surface area (Å²) in [5.41, 5.74) is -0.150. The summed E-state index contributed by atoms with van der Waals surface area (Å²) in [5, 5.41) is 0. The van der Waals surface area contributed by atoms with Gasteiger partial charge in [-0.05, 0) is 124 Å². The van der Waals surface area contributed by atoms with Crippen LogP contribution in [0.1, 0.15) is 71.9 Å². The van der Waals surface area contributed by atoms with Crippen molar-refractivity contribution in [3.8, 4) is 0 Å². The second kappa shape index (κ2) is 24.0. The summed E-state index contributed by atoms with van der Waals surface area (Å²) in [4.78, 5) is 63.6. The van der Waals surface area contributed by atoms with Crippen LogP contribution in [0.4, 0.5) is 27.2 Å². The Kier molecular flexibility index (Phi) is 16.6. The summed E-state index contributed by atoms with van der Waals surface area (Å²) in [5.74, 6) is -6.04. The number of hydrogen-bond donors (Lipinski definition) is 0. The van der Waals surface area contributed by atoms with Gasteiger partial charge in [-0.3, -0.25) is 0 Å². The molecule has 406 valence electrons. The topological polar surface area (TPSA) is 118 Å². The number of esters is 2. The van der Waals surface area contributed by atoms with Crippen LogP contribution >= 0.6 is 0 Å². The molecule has 0 spiro atoms. The van der Waals surface area contributed by atoms with E-state index < -0.39 is 58.2 Å². The van der Waals surface area contributed by atoms with Crippen LogP contribution in [0.5, 0.6) is 0 Å². The molecule has 10 rings (SSSR count). The maximum Gasteiger partial charge on any atom is 0.418 e. The van der Waals surface area contributed by atoms with E-state index in [1.807, 2.05) is 60.7 Å². The number of benzene rings is 6. The van der Waals surface area contributed by atoms with Gasteiger partial charge in [-0.1, -0.05) is 109 Å². The summed E-state index contributed by atoms with van der Waals surface area (Å²) in [6.07, 6.45) is 1.50. The van der Waals surface area contributed by atoms with E-state index in [4.69, 9.17) is 18.9 Å². The van der Waals surface area contributed by atoms with Crippen molar-refractivity contribution < 1.29 is 55.7 Å². The number of likely N-dealkylation sites (tertiary alicyclic amines) is 2. The van der Waals surface area contributed by atoms with E-state index in [0.29, 0.717) is 126 Å². The van der Waals surface area contributed by atoms with Gasteiger partial charge >= 0.3 is 24.1 Å². The highest BCUT2D eigenvalue weighted by atomic mass is 19.1. The molecule has 0 radical (unpaired) electrons. The van der Waals surface area contributed by atoms with Gasteiger partial charge in [0.25, 0.3) is 0 Å². The predicted octanol–water partition coefficient (Wildman–Crippen LogP) is 10.8. The first kappa shape index (κ1) is 53.8. The zero-order valence-corrected chi connectivity index (χ0v) is 43.2. The molecule has 2 atom stereocenters. The van der Waals surface area contributed by atoms with Crippen molar-refractivity contribution in [1.82, 2.24) is 19.6 Å². The van der Waals surface area contributed by atoms with Crippen molar-refractivity contribution in [1.29, 1.82) is 0 Å². The Hall–Kier alpha value is -7.56. The highest BCUT2D eigenvalue weighted by Crippen LogP contribution is 2.48. The molecule has 16 heteroatoms. The number of amides is 2. The van der Waals surface area contributed by atoms with Crippen molar-refractivity contribution in [3.63, 3.8) is 0 Å². The summed E-state index contributed by atoms with van der Waals surface area (Å²) < 4.78 is 84.0. The van der Waals surface area contributed by atoms with Crippen molar-refractivity contribution >= 4 is 24.1 Å². The quantitative estimate of drug-likeness (QED) is 0.0356. The second-order valence-electron chi connectivity index (χ2n) is 20.8. The number of hydrogen-bond acceptors (Lipinski definition) is 10. The normalized spacial score (nSPS) is 18.9. The summed E-state index contributed by atoms with van der Waals surface area (Å²) >= 11 is 0. The van der Waals surface area contributed by atoms with E-state index in [2.05, 4.69) is 9.80 Å². The van der Waals surface area contributed by atoms with Crippen LogP contribution in [0.15, 0.2) is 158 Å². The highest BCUT2D eigenvalue weighted by Gasteiger charge is 2.52. The molecule has 4 aliphatic rings. The number of cyclic esters (lactones) is 2. The van der Waals surface area contributed by atoms with Gasteiger partial charge in [0.2, 0.25) is 0 Å². The molecule has 6 aromatic carbocycles. The Morgan fingerprint density at radius 3 is 1.04 bits per heavy atom. The molecule has 4 saturated heterocycles. The van der Waals surface area contributed by atoms with E-state index in [1.165, 1.54) is 97.1 Å². The molecule has 78 heavy (non-hydrogen) atoms. The lowest BCUT2D eigenvalue weighted by molar-refractivity contribution is -0.191. The Bertz CT molecular complexity index is 2700. The lowest BCUT2D eigenvalue weighted by atomic mass is 9.71. The lowest BCUT2D eigenvalue weighted by Crippen LogP contribution is -2.50. The third-order valence-corrected chi connectivity index (χ3v) is 16.0. The first-order chi connectivity index (χ1) is 37.8. The van der Waals surface area contributed by atoms with Crippen molar-refractivity contribution in [2.45, 2.75) is 75.0 Å². The van der Waals surface area contributed by atoms with Crippen molar-refractivity contribution in [2.75, 3.05) is 52.4 Å². The molecule has 0 saturated carbocycles.